The van der Waals surface area contributed by atoms with Crippen molar-refractivity contribution in [1.29, 1.82) is 0 Å². The monoisotopic (exact) mass is 247 g/mol. The number of aliphatic carboxylic acids is 1. The molecule has 0 amide bonds. The number of halogens is 2. The van der Waals surface area contributed by atoms with E-state index >= 15 is 0 Å². The first-order chi connectivity index (χ1) is 6.02. The van der Waals surface area contributed by atoms with Gasteiger partial charge in [-0.05, 0) is 27.6 Å². The normalized spacial score (nSPS) is 10.0. The van der Waals surface area contributed by atoms with Gasteiger partial charge in [0.25, 0.3) is 0 Å². The molecule has 0 spiro atoms. The van der Waals surface area contributed by atoms with Gasteiger partial charge in [-0.3, -0.25) is 4.79 Å². The molecular formula is C8H7BrFNO2. The average molecular weight is 248 g/mol. The fraction of sp³-hybridized carbons (Fsp3) is 0.125. The molecular weight excluding hydrogens is 241 g/mol. The average Bonchev–Trinajstić information content (AvgIpc) is 2.06. The molecule has 0 atom stereocenters. The third kappa shape index (κ3) is 2.18. The Morgan fingerprint density at radius 3 is 2.77 bits per heavy atom. The van der Waals surface area contributed by atoms with Crippen molar-refractivity contribution >= 4 is 27.6 Å². The van der Waals surface area contributed by atoms with E-state index < -0.39 is 11.8 Å². The number of anilines is 1. The Balaban J connectivity index is 3.10. The Morgan fingerprint density at radius 2 is 2.23 bits per heavy atom. The molecule has 1 aromatic carbocycles. The second-order valence-electron chi connectivity index (χ2n) is 2.50. The Bertz CT molecular complexity index is 354. The van der Waals surface area contributed by atoms with Crippen LogP contribution in [0.2, 0.25) is 0 Å². The maximum absolute atomic E-state index is 12.8. The van der Waals surface area contributed by atoms with E-state index in [0.29, 0.717) is 5.56 Å². The highest BCUT2D eigenvalue weighted by Crippen LogP contribution is 2.26. The number of nitrogens with two attached hydrogens (primary N) is 1. The van der Waals surface area contributed by atoms with Crippen LogP contribution in [0.5, 0.6) is 0 Å². The molecule has 0 aliphatic rings. The summed E-state index contributed by atoms with van der Waals surface area (Å²) >= 11 is 2.93. The van der Waals surface area contributed by atoms with Gasteiger partial charge in [0.2, 0.25) is 0 Å². The molecule has 3 nitrogen and oxygen atoms in total. The number of carbonyl (C=O) groups is 1. The second kappa shape index (κ2) is 3.74. The highest BCUT2D eigenvalue weighted by Gasteiger charge is 2.10. The van der Waals surface area contributed by atoms with Crippen LogP contribution in [0.1, 0.15) is 5.56 Å². The first-order valence-corrected chi connectivity index (χ1v) is 4.26. The molecule has 0 bridgehead atoms. The third-order valence-electron chi connectivity index (χ3n) is 1.56. The van der Waals surface area contributed by atoms with E-state index in [1.807, 2.05) is 0 Å². The lowest BCUT2D eigenvalue weighted by Crippen LogP contribution is -2.04. The van der Waals surface area contributed by atoms with Crippen LogP contribution in [0.3, 0.4) is 0 Å². The highest BCUT2D eigenvalue weighted by molar-refractivity contribution is 9.10. The molecule has 0 saturated heterocycles. The van der Waals surface area contributed by atoms with Crippen LogP contribution in [-0.4, -0.2) is 11.1 Å². The molecule has 0 aromatic heterocycles. The van der Waals surface area contributed by atoms with E-state index in [1.54, 1.807) is 0 Å². The van der Waals surface area contributed by atoms with E-state index in [9.17, 15) is 9.18 Å². The zero-order valence-corrected chi connectivity index (χ0v) is 8.14. The van der Waals surface area contributed by atoms with E-state index in [2.05, 4.69) is 15.9 Å². The molecule has 1 rings (SSSR count). The third-order valence-corrected chi connectivity index (χ3v) is 2.37. The van der Waals surface area contributed by atoms with Crippen LogP contribution in [0.25, 0.3) is 0 Å². The number of benzene rings is 1. The summed E-state index contributed by atoms with van der Waals surface area (Å²) in [5, 5.41) is 8.49. The number of carboxylic acid groups (broad SMARTS) is 1. The molecule has 0 radical (unpaired) electrons. The van der Waals surface area contributed by atoms with Gasteiger partial charge < -0.3 is 10.8 Å². The minimum Gasteiger partial charge on any atom is -0.481 e. The van der Waals surface area contributed by atoms with Gasteiger partial charge >= 0.3 is 5.97 Å². The lowest BCUT2D eigenvalue weighted by molar-refractivity contribution is -0.136. The van der Waals surface area contributed by atoms with Gasteiger partial charge in [-0.1, -0.05) is 6.07 Å². The topological polar surface area (TPSA) is 63.3 Å². The Labute approximate surface area is 82.5 Å². The number of carboxylic acids is 1. The van der Waals surface area contributed by atoms with E-state index in [0.717, 1.165) is 0 Å². The van der Waals surface area contributed by atoms with Crippen molar-refractivity contribution in [1.82, 2.24) is 0 Å². The molecule has 0 saturated carbocycles. The molecule has 70 valence electrons. The van der Waals surface area contributed by atoms with Crippen LogP contribution >= 0.6 is 15.9 Å². The van der Waals surface area contributed by atoms with Gasteiger partial charge in [0.1, 0.15) is 5.82 Å². The largest absolute Gasteiger partial charge is 0.481 e. The maximum atomic E-state index is 12.8. The second-order valence-corrected chi connectivity index (χ2v) is 3.30. The van der Waals surface area contributed by atoms with Gasteiger partial charge in [-0.25, -0.2) is 4.39 Å². The predicted octanol–water partition coefficient (Wildman–Crippen LogP) is 1.80. The Kier molecular flexibility index (Phi) is 2.87. The lowest BCUT2D eigenvalue weighted by Gasteiger charge is -2.05. The molecule has 0 aliphatic carbocycles. The molecule has 13 heavy (non-hydrogen) atoms. The summed E-state index contributed by atoms with van der Waals surface area (Å²) in [6.45, 7) is 0. The van der Waals surface area contributed by atoms with Crippen LogP contribution in [-0.2, 0) is 11.2 Å². The molecule has 1 aromatic rings. The molecule has 0 aliphatic heterocycles. The number of rotatable bonds is 2. The Morgan fingerprint density at radius 1 is 1.62 bits per heavy atom. The van der Waals surface area contributed by atoms with Gasteiger partial charge in [0.15, 0.2) is 0 Å². The highest BCUT2D eigenvalue weighted by atomic mass is 79.9. The first-order valence-electron chi connectivity index (χ1n) is 3.46. The lowest BCUT2D eigenvalue weighted by atomic mass is 10.1. The smallest absolute Gasteiger partial charge is 0.307 e. The maximum Gasteiger partial charge on any atom is 0.307 e. The van der Waals surface area contributed by atoms with Crippen molar-refractivity contribution in [3.8, 4) is 0 Å². The van der Waals surface area contributed by atoms with Crippen LogP contribution < -0.4 is 5.73 Å². The summed E-state index contributed by atoms with van der Waals surface area (Å²) in [7, 11) is 0. The van der Waals surface area contributed by atoms with Crippen molar-refractivity contribution in [2.45, 2.75) is 6.42 Å². The number of hydrogen-bond donors (Lipinski definition) is 2. The summed E-state index contributed by atoms with van der Waals surface area (Å²) in [6.07, 6.45) is -0.204. The van der Waals surface area contributed by atoms with Gasteiger partial charge in [0, 0.05) is 0 Å². The zero-order chi connectivity index (χ0) is 10.0. The summed E-state index contributed by atoms with van der Waals surface area (Å²) in [4.78, 5) is 10.4. The van der Waals surface area contributed by atoms with E-state index in [-0.39, 0.29) is 16.6 Å². The number of hydrogen-bond acceptors (Lipinski definition) is 2. The molecule has 3 N–H and O–H groups in total. The minimum atomic E-state index is -0.995. The first kappa shape index (κ1) is 9.98. The van der Waals surface area contributed by atoms with E-state index in [1.165, 1.54) is 12.1 Å². The van der Waals surface area contributed by atoms with Crippen LogP contribution in [0, 0.1) is 5.82 Å². The molecule has 0 heterocycles. The zero-order valence-electron chi connectivity index (χ0n) is 6.55. The summed E-state index contributed by atoms with van der Waals surface area (Å²) in [5.41, 5.74) is 6.03. The predicted molar refractivity (Wildman–Crippen MR) is 49.9 cm³/mol. The standard InChI is InChI=1S/C8H7BrFNO2/c9-7-5(10)2-1-4(8(7)11)3-6(12)13/h1-2H,3,11H2,(H,12,13). The van der Waals surface area contributed by atoms with Crippen LogP contribution in [0.15, 0.2) is 16.6 Å². The van der Waals surface area contributed by atoms with Gasteiger partial charge in [-0.15, -0.1) is 0 Å². The van der Waals surface area contributed by atoms with E-state index in [4.69, 9.17) is 10.8 Å². The quantitative estimate of drug-likeness (QED) is 0.784. The van der Waals surface area contributed by atoms with Crippen molar-refractivity contribution in [3.05, 3.63) is 28.0 Å². The van der Waals surface area contributed by atoms with Gasteiger partial charge in [0.05, 0.1) is 16.6 Å². The van der Waals surface area contributed by atoms with Crippen molar-refractivity contribution < 1.29 is 14.3 Å². The van der Waals surface area contributed by atoms with Crippen molar-refractivity contribution in [3.63, 3.8) is 0 Å². The molecule has 5 heteroatoms. The SMILES string of the molecule is Nc1c(CC(=O)O)ccc(F)c1Br. The fourth-order valence-corrected chi connectivity index (χ4v) is 1.31. The summed E-state index contributed by atoms with van der Waals surface area (Å²) in [5.74, 6) is -1.49. The fourth-order valence-electron chi connectivity index (χ4n) is 0.923. The molecule has 0 fully saturated rings. The minimum absolute atomic E-state index is 0.117. The van der Waals surface area contributed by atoms with Gasteiger partial charge in [-0.2, -0.15) is 0 Å². The number of nitrogen functional groups attached to an aromatic ring is 1. The van der Waals surface area contributed by atoms with Crippen LogP contribution in [0.4, 0.5) is 10.1 Å². The van der Waals surface area contributed by atoms with Crippen molar-refractivity contribution in [2.75, 3.05) is 5.73 Å². The summed E-state index contributed by atoms with van der Waals surface area (Å²) in [6, 6.07) is 2.54. The Hall–Kier alpha value is -1.10. The summed E-state index contributed by atoms with van der Waals surface area (Å²) < 4.78 is 12.9. The van der Waals surface area contributed by atoms with Crippen molar-refractivity contribution in [2.24, 2.45) is 0 Å². The molecule has 0 unspecified atom stereocenters.